The number of pyridine rings is 1. The van der Waals surface area contributed by atoms with E-state index < -0.39 is 0 Å². The van der Waals surface area contributed by atoms with Crippen molar-refractivity contribution in [3.63, 3.8) is 0 Å². The molecule has 0 atom stereocenters. The van der Waals surface area contributed by atoms with Gasteiger partial charge in [-0.2, -0.15) is 0 Å². The van der Waals surface area contributed by atoms with Gasteiger partial charge < -0.3 is 4.42 Å². The number of nitrogens with zero attached hydrogens (tertiary/aromatic N) is 1. The minimum atomic E-state index is -0.132. The molecule has 2 aromatic heterocycles. The summed E-state index contributed by atoms with van der Waals surface area (Å²) in [5.74, 6) is 0.243. The Morgan fingerprint density at radius 3 is 2.74 bits per heavy atom. The predicted molar refractivity (Wildman–Crippen MR) is 88.7 cm³/mol. The standard InChI is InChI=1S/C19H17NO3/c21-17(12-5-2-1-3-6-12)13-8-9-16-15(11-13)18(22)14-7-4-10-20-19(14)23-16/h4,7-12H,1-3,5-6H2. The van der Waals surface area contributed by atoms with Crippen LogP contribution in [-0.2, 0) is 0 Å². The van der Waals surface area contributed by atoms with Gasteiger partial charge in [-0.15, -0.1) is 0 Å². The second-order valence-corrected chi connectivity index (χ2v) is 6.20. The molecule has 1 fully saturated rings. The Hall–Kier alpha value is -2.49. The van der Waals surface area contributed by atoms with E-state index in [-0.39, 0.29) is 17.1 Å². The van der Waals surface area contributed by atoms with E-state index >= 15 is 0 Å². The summed E-state index contributed by atoms with van der Waals surface area (Å²) in [7, 11) is 0. The summed E-state index contributed by atoms with van der Waals surface area (Å²) in [4.78, 5) is 29.4. The van der Waals surface area contributed by atoms with Crippen molar-refractivity contribution < 1.29 is 9.21 Å². The lowest BCUT2D eigenvalue weighted by atomic mass is 9.84. The Morgan fingerprint density at radius 2 is 1.91 bits per heavy atom. The molecule has 1 saturated carbocycles. The highest BCUT2D eigenvalue weighted by Gasteiger charge is 2.23. The fraction of sp³-hybridized carbons (Fsp3) is 0.316. The molecule has 4 nitrogen and oxygen atoms in total. The minimum absolute atomic E-state index is 0.0929. The van der Waals surface area contributed by atoms with Crippen molar-refractivity contribution in [2.75, 3.05) is 0 Å². The quantitative estimate of drug-likeness (QED) is 0.528. The number of carbonyl (C=O) groups excluding carboxylic acids is 1. The Morgan fingerprint density at radius 1 is 1.09 bits per heavy atom. The van der Waals surface area contributed by atoms with Crippen molar-refractivity contribution in [2.45, 2.75) is 32.1 Å². The monoisotopic (exact) mass is 307 g/mol. The molecule has 4 heteroatoms. The zero-order valence-corrected chi connectivity index (χ0v) is 12.7. The van der Waals surface area contributed by atoms with E-state index in [1.165, 1.54) is 6.42 Å². The molecule has 0 spiro atoms. The molecule has 0 N–H and O–H groups in total. The van der Waals surface area contributed by atoms with Crippen molar-refractivity contribution in [3.8, 4) is 0 Å². The van der Waals surface area contributed by atoms with Crippen molar-refractivity contribution in [1.29, 1.82) is 0 Å². The first-order valence-corrected chi connectivity index (χ1v) is 8.10. The zero-order valence-electron chi connectivity index (χ0n) is 12.7. The largest absolute Gasteiger partial charge is 0.437 e. The Labute approximate surface area is 133 Å². The van der Waals surface area contributed by atoms with Crippen LogP contribution in [0.3, 0.4) is 0 Å². The molecule has 0 amide bonds. The number of aromatic nitrogens is 1. The third-order valence-corrected chi connectivity index (χ3v) is 4.71. The summed E-state index contributed by atoms with van der Waals surface area (Å²) in [6.07, 6.45) is 6.94. The van der Waals surface area contributed by atoms with E-state index in [2.05, 4.69) is 4.98 Å². The molecule has 116 valence electrons. The van der Waals surface area contributed by atoms with Crippen molar-refractivity contribution >= 4 is 27.9 Å². The topological polar surface area (TPSA) is 60.2 Å². The number of fused-ring (bicyclic) bond motifs is 2. The normalized spacial score (nSPS) is 16.0. The summed E-state index contributed by atoms with van der Waals surface area (Å²) < 4.78 is 5.68. The molecule has 4 rings (SSSR count). The lowest BCUT2D eigenvalue weighted by Gasteiger charge is -2.20. The van der Waals surface area contributed by atoms with Gasteiger partial charge in [-0.25, -0.2) is 4.98 Å². The number of hydrogen-bond acceptors (Lipinski definition) is 4. The fourth-order valence-electron chi connectivity index (χ4n) is 3.44. The van der Waals surface area contributed by atoms with Gasteiger partial charge in [-0.1, -0.05) is 19.3 Å². The van der Waals surface area contributed by atoms with E-state index in [1.54, 1.807) is 36.5 Å². The van der Waals surface area contributed by atoms with Crippen LogP contribution in [0.15, 0.2) is 45.7 Å². The molecule has 0 saturated heterocycles. The van der Waals surface area contributed by atoms with E-state index in [0.717, 1.165) is 25.7 Å². The molecule has 3 aromatic rings. The van der Waals surface area contributed by atoms with Crippen LogP contribution in [0, 0.1) is 5.92 Å². The molecule has 0 aliphatic heterocycles. The smallest absolute Gasteiger partial charge is 0.230 e. The highest BCUT2D eigenvalue weighted by molar-refractivity contribution is 6.01. The molecule has 0 bridgehead atoms. The third-order valence-electron chi connectivity index (χ3n) is 4.71. The van der Waals surface area contributed by atoms with Crippen LogP contribution in [0.2, 0.25) is 0 Å². The van der Waals surface area contributed by atoms with Gasteiger partial charge in [0, 0.05) is 17.7 Å². The van der Waals surface area contributed by atoms with Crippen molar-refractivity contribution in [2.24, 2.45) is 5.92 Å². The number of Topliss-reactive ketones (excluding diaryl/α,β-unsaturated/α-hetero) is 1. The maximum Gasteiger partial charge on any atom is 0.230 e. The van der Waals surface area contributed by atoms with Crippen LogP contribution in [0.1, 0.15) is 42.5 Å². The van der Waals surface area contributed by atoms with E-state index in [4.69, 9.17) is 4.42 Å². The first-order valence-electron chi connectivity index (χ1n) is 8.10. The Kier molecular flexibility index (Phi) is 3.45. The fourth-order valence-corrected chi connectivity index (χ4v) is 3.44. The van der Waals surface area contributed by atoms with Crippen LogP contribution in [0.25, 0.3) is 22.1 Å². The third kappa shape index (κ3) is 2.44. The van der Waals surface area contributed by atoms with Gasteiger partial charge in [0.05, 0.1) is 10.8 Å². The van der Waals surface area contributed by atoms with E-state index in [0.29, 0.717) is 27.6 Å². The van der Waals surface area contributed by atoms with Crippen LogP contribution >= 0.6 is 0 Å². The highest BCUT2D eigenvalue weighted by Crippen LogP contribution is 2.28. The molecule has 2 heterocycles. The number of rotatable bonds is 2. The van der Waals surface area contributed by atoms with Gasteiger partial charge in [-0.3, -0.25) is 9.59 Å². The zero-order chi connectivity index (χ0) is 15.8. The van der Waals surface area contributed by atoms with Gasteiger partial charge in [0.1, 0.15) is 5.58 Å². The number of ketones is 1. The molecule has 1 aromatic carbocycles. The predicted octanol–water partition coefficient (Wildman–Crippen LogP) is 4.10. The minimum Gasteiger partial charge on any atom is -0.437 e. The SMILES string of the molecule is O=C(c1ccc2oc3ncccc3c(=O)c2c1)C1CCCCC1. The summed E-state index contributed by atoms with van der Waals surface area (Å²) in [6.45, 7) is 0. The lowest BCUT2D eigenvalue weighted by molar-refractivity contribution is 0.0889. The summed E-state index contributed by atoms with van der Waals surface area (Å²) in [5, 5.41) is 0.898. The van der Waals surface area contributed by atoms with Gasteiger partial charge in [-0.05, 0) is 43.2 Å². The average molecular weight is 307 g/mol. The van der Waals surface area contributed by atoms with E-state index in [1.807, 2.05) is 0 Å². The maximum absolute atomic E-state index is 12.7. The van der Waals surface area contributed by atoms with Gasteiger partial charge in [0.25, 0.3) is 0 Å². The molecule has 1 aliphatic rings. The van der Waals surface area contributed by atoms with Crippen molar-refractivity contribution in [1.82, 2.24) is 4.98 Å². The highest BCUT2D eigenvalue weighted by atomic mass is 16.3. The van der Waals surface area contributed by atoms with Gasteiger partial charge in [0.2, 0.25) is 11.1 Å². The van der Waals surface area contributed by atoms with Gasteiger partial charge >= 0.3 is 0 Å². The molecule has 0 radical (unpaired) electrons. The van der Waals surface area contributed by atoms with Crippen molar-refractivity contribution in [3.05, 3.63) is 52.3 Å². The Balaban J connectivity index is 1.84. The second-order valence-electron chi connectivity index (χ2n) is 6.20. The molecular formula is C19H17NO3. The van der Waals surface area contributed by atoms with Crippen LogP contribution in [0.4, 0.5) is 0 Å². The lowest BCUT2D eigenvalue weighted by Crippen LogP contribution is -2.18. The first-order chi connectivity index (χ1) is 11.2. The van der Waals surface area contributed by atoms with Crippen LogP contribution < -0.4 is 5.43 Å². The summed E-state index contributed by atoms with van der Waals surface area (Å²) in [6, 6.07) is 8.56. The number of benzene rings is 1. The number of hydrogen-bond donors (Lipinski definition) is 0. The Bertz CT molecular complexity index is 952. The molecular weight excluding hydrogens is 290 g/mol. The molecule has 0 unspecified atom stereocenters. The summed E-state index contributed by atoms with van der Waals surface area (Å²) >= 11 is 0. The number of carbonyl (C=O) groups is 1. The van der Waals surface area contributed by atoms with Gasteiger partial charge in [0.15, 0.2) is 5.78 Å². The maximum atomic E-state index is 12.7. The van der Waals surface area contributed by atoms with Crippen LogP contribution in [0.5, 0.6) is 0 Å². The first kappa shape index (κ1) is 14.1. The van der Waals surface area contributed by atoms with Crippen LogP contribution in [-0.4, -0.2) is 10.8 Å². The molecule has 23 heavy (non-hydrogen) atoms. The van der Waals surface area contributed by atoms with E-state index in [9.17, 15) is 9.59 Å². The second kappa shape index (κ2) is 5.61. The average Bonchev–Trinajstić information content (AvgIpc) is 2.62. The summed E-state index contributed by atoms with van der Waals surface area (Å²) in [5.41, 5.74) is 1.28. The molecule has 1 aliphatic carbocycles.